The summed E-state index contributed by atoms with van der Waals surface area (Å²) in [6, 6.07) is 0. The first-order valence-corrected chi connectivity index (χ1v) is 3.74. The third-order valence-corrected chi connectivity index (χ3v) is 1.78. The molecule has 0 aromatic rings. The smallest absolute Gasteiger partial charge is 0.102 e. The molecule has 0 bridgehead atoms. The molecule has 0 atom stereocenters. The van der Waals surface area contributed by atoms with Crippen LogP contribution in [0.4, 0.5) is 0 Å². The highest BCUT2D eigenvalue weighted by Gasteiger charge is 2.01. The van der Waals surface area contributed by atoms with Gasteiger partial charge in [0, 0.05) is 0 Å². The van der Waals surface area contributed by atoms with Crippen LogP contribution in [0.5, 0.6) is 0 Å². The largest absolute Gasteiger partial charge is 0.392 e. The van der Waals surface area contributed by atoms with Crippen LogP contribution in [0.1, 0.15) is 12.8 Å². The molecule has 11 heavy (non-hydrogen) atoms. The van der Waals surface area contributed by atoms with Gasteiger partial charge in [-0.15, -0.1) is 5.98 Å². The van der Waals surface area contributed by atoms with Crippen molar-refractivity contribution < 1.29 is 5.11 Å². The number of hydrogen-bond acceptors (Lipinski definition) is 1. The number of aliphatic hydroxyl groups is 1. The predicted octanol–water partition coefficient (Wildman–Crippen LogP) is 1.31. The number of rotatable bonds is 2. The Hall–Kier alpha value is -0.755. The average molecular weight is 146 g/mol. The highest BCUT2D eigenvalue weighted by molar-refractivity contribution is 6.17. The molecule has 1 aliphatic rings. The number of allylic oxidation sites excluding steroid dienone is 4. The Labute approximate surface area is 68.5 Å². The van der Waals surface area contributed by atoms with Crippen molar-refractivity contribution in [2.45, 2.75) is 12.8 Å². The van der Waals surface area contributed by atoms with E-state index in [1.165, 1.54) is 5.57 Å². The molecule has 0 heterocycles. The lowest BCUT2D eigenvalue weighted by molar-refractivity contribution is 0.326. The Morgan fingerprint density at radius 3 is 2.73 bits per heavy atom. The zero-order chi connectivity index (χ0) is 8.10. The molecule has 1 rings (SSSR count). The van der Waals surface area contributed by atoms with E-state index in [0.29, 0.717) is 0 Å². The highest BCUT2D eigenvalue weighted by Crippen LogP contribution is 2.18. The molecular formula is C9H11BO. The molecule has 0 saturated carbocycles. The van der Waals surface area contributed by atoms with Gasteiger partial charge < -0.3 is 5.11 Å². The van der Waals surface area contributed by atoms with Crippen LogP contribution in [0.15, 0.2) is 35.3 Å². The number of hydrogen-bond donors (Lipinski definition) is 1. The molecule has 0 saturated heterocycles. The Balaban J connectivity index is 2.61. The summed E-state index contributed by atoms with van der Waals surface area (Å²) in [6.45, 7) is 0.177. The van der Waals surface area contributed by atoms with E-state index in [9.17, 15) is 0 Å². The quantitative estimate of drug-likeness (QED) is 0.582. The fourth-order valence-corrected chi connectivity index (χ4v) is 1.09. The maximum absolute atomic E-state index is 8.77. The molecule has 0 aliphatic heterocycles. The van der Waals surface area contributed by atoms with Crippen LogP contribution in [0.25, 0.3) is 0 Å². The summed E-state index contributed by atoms with van der Waals surface area (Å²) in [6.07, 6.45) is 7.79. The van der Waals surface area contributed by atoms with E-state index < -0.39 is 0 Å². The van der Waals surface area contributed by atoms with E-state index in [-0.39, 0.29) is 6.61 Å². The molecule has 2 radical (unpaired) electrons. The predicted molar refractivity (Wildman–Crippen MR) is 47.4 cm³/mol. The van der Waals surface area contributed by atoms with Gasteiger partial charge in [-0.25, -0.2) is 0 Å². The lowest BCUT2D eigenvalue weighted by Crippen LogP contribution is -1.95. The van der Waals surface area contributed by atoms with Gasteiger partial charge in [-0.2, -0.15) is 0 Å². The van der Waals surface area contributed by atoms with Crippen LogP contribution in [-0.2, 0) is 0 Å². The van der Waals surface area contributed by atoms with Gasteiger partial charge in [0.15, 0.2) is 0 Å². The van der Waals surface area contributed by atoms with Crippen molar-refractivity contribution in [1.82, 2.24) is 0 Å². The van der Waals surface area contributed by atoms with E-state index in [4.69, 9.17) is 13.0 Å². The maximum Gasteiger partial charge on any atom is 0.102 e. The van der Waals surface area contributed by atoms with Gasteiger partial charge in [-0.1, -0.05) is 18.2 Å². The fraction of sp³-hybridized carbons (Fsp3) is 0.333. The third kappa shape index (κ3) is 2.39. The molecule has 0 amide bonds. The Kier molecular flexibility index (Phi) is 3.18. The molecule has 0 fully saturated rings. The van der Waals surface area contributed by atoms with Gasteiger partial charge in [-0.05, 0) is 24.0 Å². The van der Waals surface area contributed by atoms with Crippen molar-refractivity contribution in [2.24, 2.45) is 0 Å². The van der Waals surface area contributed by atoms with Gasteiger partial charge in [0.2, 0.25) is 0 Å². The zero-order valence-corrected chi connectivity index (χ0v) is 6.46. The van der Waals surface area contributed by atoms with E-state index in [0.717, 1.165) is 18.4 Å². The SMILES string of the molecule is [B]/C=C/C1=CC=C(CO)CC1. The minimum absolute atomic E-state index is 0.177. The van der Waals surface area contributed by atoms with Crippen molar-refractivity contribution in [3.63, 3.8) is 0 Å². The first-order chi connectivity index (χ1) is 5.36. The van der Waals surface area contributed by atoms with Gasteiger partial charge in [0.1, 0.15) is 7.85 Å². The molecule has 0 spiro atoms. The topological polar surface area (TPSA) is 20.2 Å². The van der Waals surface area contributed by atoms with Crippen LogP contribution in [-0.4, -0.2) is 19.6 Å². The van der Waals surface area contributed by atoms with Gasteiger partial charge in [0.05, 0.1) is 6.61 Å². The first-order valence-electron chi connectivity index (χ1n) is 3.74. The van der Waals surface area contributed by atoms with Crippen LogP contribution in [0.3, 0.4) is 0 Å². The average Bonchev–Trinajstić information content (AvgIpc) is 2.07. The highest BCUT2D eigenvalue weighted by atomic mass is 16.3. The van der Waals surface area contributed by atoms with Crippen molar-refractivity contribution in [1.29, 1.82) is 0 Å². The molecular weight excluding hydrogens is 135 g/mol. The fourth-order valence-electron chi connectivity index (χ4n) is 1.09. The maximum atomic E-state index is 8.77. The van der Waals surface area contributed by atoms with E-state index in [1.54, 1.807) is 5.98 Å². The summed E-state index contributed by atoms with van der Waals surface area (Å²) < 4.78 is 0. The second-order valence-electron chi connectivity index (χ2n) is 2.58. The number of aliphatic hydroxyl groups excluding tert-OH is 1. The summed E-state index contributed by atoms with van der Waals surface area (Å²) >= 11 is 0. The molecule has 1 aliphatic carbocycles. The van der Waals surface area contributed by atoms with E-state index >= 15 is 0 Å². The summed E-state index contributed by atoms with van der Waals surface area (Å²) in [5.41, 5.74) is 2.32. The lowest BCUT2D eigenvalue weighted by Gasteiger charge is -2.09. The molecule has 0 unspecified atom stereocenters. The van der Waals surface area contributed by atoms with Crippen LogP contribution < -0.4 is 0 Å². The molecule has 2 heteroatoms. The summed E-state index contributed by atoms with van der Waals surface area (Å²) in [7, 11) is 5.24. The Bertz CT molecular complexity index is 214. The standard InChI is InChI=1S/C9H11BO/c10-6-5-8-1-3-9(7-11)4-2-8/h1,3,5-6,11H,2,4,7H2/b6-5+. The molecule has 1 nitrogen and oxygen atoms in total. The minimum atomic E-state index is 0.177. The first kappa shape index (κ1) is 8.34. The molecule has 1 N–H and O–H groups in total. The normalized spacial score (nSPS) is 18.3. The lowest BCUT2D eigenvalue weighted by atomic mass is 9.97. The Morgan fingerprint density at radius 1 is 1.45 bits per heavy atom. The second kappa shape index (κ2) is 4.19. The van der Waals surface area contributed by atoms with Crippen LogP contribution in [0.2, 0.25) is 0 Å². The van der Waals surface area contributed by atoms with Crippen molar-refractivity contribution in [2.75, 3.05) is 6.61 Å². The molecule has 56 valence electrons. The zero-order valence-electron chi connectivity index (χ0n) is 6.46. The van der Waals surface area contributed by atoms with Crippen LogP contribution >= 0.6 is 0 Å². The van der Waals surface area contributed by atoms with Gasteiger partial charge >= 0.3 is 0 Å². The summed E-state index contributed by atoms with van der Waals surface area (Å²) in [4.78, 5) is 0. The van der Waals surface area contributed by atoms with Crippen LogP contribution in [0, 0.1) is 0 Å². The van der Waals surface area contributed by atoms with Crippen molar-refractivity contribution in [3.8, 4) is 0 Å². The summed E-state index contributed by atoms with van der Waals surface area (Å²) in [5.74, 6) is 1.55. The van der Waals surface area contributed by atoms with Crippen molar-refractivity contribution in [3.05, 3.63) is 35.3 Å². The third-order valence-electron chi connectivity index (χ3n) is 1.78. The summed E-state index contributed by atoms with van der Waals surface area (Å²) in [5, 5.41) is 8.77. The van der Waals surface area contributed by atoms with Crippen molar-refractivity contribution >= 4 is 7.85 Å². The monoisotopic (exact) mass is 146 g/mol. The van der Waals surface area contributed by atoms with Gasteiger partial charge in [0.25, 0.3) is 0 Å². The minimum Gasteiger partial charge on any atom is -0.392 e. The molecule has 0 aromatic heterocycles. The van der Waals surface area contributed by atoms with E-state index in [1.807, 2.05) is 18.2 Å². The van der Waals surface area contributed by atoms with Gasteiger partial charge in [-0.3, -0.25) is 0 Å². The van der Waals surface area contributed by atoms with E-state index in [2.05, 4.69) is 0 Å². The second-order valence-corrected chi connectivity index (χ2v) is 2.58. The Morgan fingerprint density at radius 2 is 2.27 bits per heavy atom. The molecule has 0 aromatic carbocycles.